The van der Waals surface area contributed by atoms with Gasteiger partial charge in [-0.25, -0.2) is 4.98 Å². The Labute approximate surface area is 109 Å². The number of nitrogens with one attached hydrogen (secondary N) is 2. The van der Waals surface area contributed by atoms with Crippen LogP contribution in [0.3, 0.4) is 0 Å². The predicted molar refractivity (Wildman–Crippen MR) is 75.6 cm³/mol. The molecule has 0 saturated heterocycles. The smallest absolute Gasteiger partial charge is 0.126 e. The van der Waals surface area contributed by atoms with E-state index in [9.17, 15) is 0 Å². The van der Waals surface area contributed by atoms with Crippen LogP contribution >= 0.6 is 0 Å². The van der Waals surface area contributed by atoms with Crippen molar-refractivity contribution in [3.8, 4) is 11.3 Å². The summed E-state index contributed by atoms with van der Waals surface area (Å²) in [7, 11) is 1.95. The fourth-order valence-corrected chi connectivity index (χ4v) is 1.98. The van der Waals surface area contributed by atoms with Crippen molar-refractivity contribution in [2.75, 3.05) is 7.05 Å². The molecule has 0 aliphatic rings. The van der Waals surface area contributed by atoms with Crippen LogP contribution in [0.15, 0.2) is 24.3 Å². The third-order valence-electron chi connectivity index (χ3n) is 3.50. The van der Waals surface area contributed by atoms with Gasteiger partial charge in [0.15, 0.2) is 0 Å². The zero-order valence-corrected chi connectivity index (χ0v) is 11.8. The summed E-state index contributed by atoms with van der Waals surface area (Å²) in [5, 5.41) is 3.27. The number of nitrogens with zero attached hydrogens (tertiary/aromatic N) is 1. The largest absolute Gasteiger partial charge is 0.344 e. The van der Waals surface area contributed by atoms with Crippen molar-refractivity contribution >= 4 is 0 Å². The van der Waals surface area contributed by atoms with Crippen LogP contribution in [-0.2, 0) is 5.54 Å². The standard InChI is InChI=1S/C15H21N3/c1-10-8-6-7-9-12(10)13-11(2)17-14(18-13)15(3,4)16-5/h6-9,16H,1-5H3,(H,17,18). The fourth-order valence-electron chi connectivity index (χ4n) is 1.98. The van der Waals surface area contributed by atoms with Gasteiger partial charge in [0.1, 0.15) is 5.82 Å². The molecule has 1 aromatic carbocycles. The molecule has 1 aromatic heterocycles. The maximum Gasteiger partial charge on any atom is 0.126 e. The molecule has 0 saturated carbocycles. The lowest BCUT2D eigenvalue weighted by Crippen LogP contribution is -2.34. The van der Waals surface area contributed by atoms with Crippen LogP contribution in [0.2, 0.25) is 0 Å². The van der Waals surface area contributed by atoms with Crippen LogP contribution < -0.4 is 5.32 Å². The first-order valence-electron chi connectivity index (χ1n) is 6.27. The Hall–Kier alpha value is -1.61. The monoisotopic (exact) mass is 243 g/mol. The van der Waals surface area contributed by atoms with Crippen LogP contribution in [-0.4, -0.2) is 17.0 Å². The Morgan fingerprint density at radius 2 is 1.83 bits per heavy atom. The van der Waals surface area contributed by atoms with Crippen LogP contribution in [0.5, 0.6) is 0 Å². The average Bonchev–Trinajstić information content (AvgIpc) is 2.73. The molecule has 2 N–H and O–H groups in total. The van der Waals surface area contributed by atoms with E-state index < -0.39 is 0 Å². The number of benzene rings is 1. The minimum atomic E-state index is -0.147. The normalized spacial score (nSPS) is 11.8. The van der Waals surface area contributed by atoms with Gasteiger partial charge in [0.05, 0.1) is 11.2 Å². The van der Waals surface area contributed by atoms with Gasteiger partial charge in [-0.05, 0) is 40.3 Å². The highest BCUT2D eigenvalue weighted by atomic mass is 15.0. The molecule has 1 heterocycles. The maximum atomic E-state index is 4.77. The highest BCUT2D eigenvalue weighted by Crippen LogP contribution is 2.27. The molecule has 0 aliphatic carbocycles. The van der Waals surface area contributed by atoms with Crippen LogP contribution in [0.25, 0.3) is 11.3 Å². The van der Waals surface area contributed by atoms with E-state index in [0.29, 0.717) is 0 Å². The predicted octanol–water partition coefficient (Wildman–Crippen LogP) is 3.15. The van der Waals surface area contributed by atoms with Gasteiger partial charge in [0.25, 0.3) is 0 Å². The lowest BCUT2D eigenvalue weighted by atomic mass is 10.0. The molecule has 0 unspecified atom stereocenters. The second kappa shape index (κ2) is 4.58. The molecular weight excluding hydrogens is 222 g/mol. The number of hydrogen-bond donors (Lipinski definition) is 2. The number of rotatable bonds is 3. The Balaban J connectivity index is 2.52. The number of imidazole rings is 1. The molecule has 0 amide bonds. The number of aryl methyl sites for hydroxylation is 2. The van der Waals surface area contributed by atoms with Crippen LogP contribution in [0, 0.1) is 13.8 Å². The van der Waals surface area contributed by atoms with Gasteiger partial charge in [-0.3, -0.25) is 0 Å². The molecule has 3 heteroatoms. The van der Waals surface area contributed by atoms with Crippen molar-refractivity contribution in [1.29, 1.82) is 0 Å². The molecule has 0 fully saturated rings. The summed E-state index contributed by atoms with van der Waals surface area (Å²) in [5.74, 6) is 0.973. The maximum absolute atomic E-state index is 4.77. The Bertz CT molecular complexity index is 553. The van der Waals surface area contributed by atoms with Crippen LogP contribution in [0.4, 0.5) is 0 Å². The van der Waals surface area contributed by atoms with E-state index in [0.717, 1.165) is 17.2 Å². The first-order chi connectivity index (χ1) is 8.45. The Morgan fingerprint density at radius 3 is 2.44 bits per heavy atom. The summed E-state index contributed by atoms with van der Waals surface area (Å²) in [6.45, 7) is 8.43. The lowest BCUT2D eigenvalue weighted by molar-refractivity contribution is 0.420. The third kappa shape index (κ3) is 2.18. The van der Waals surface area contributed by atoms with Crippen molar-refractivity contribution in [3.63, 3.8) is 0 Å². The van der Waals surface area contributed by atoms with E-state index in [-0.39, 0.29) is 5.54 Å². The van der Waals surface area contributed by atoms with E-state index in [1.165, 1.54) is 11.1 Å². The lowest BCUT2D eigenvalue weighted by Gasteiger charge is -2.20. The zero-order chi connectivity index (χ0) is 13.3. The minimum Gasteiger partial charge on any atom is -0.344 e. The highest BCUT2D eigenvalue weighted by molar-refractivity contribution is 5.65. The molecule has 0 atom stereocenters. The summed E-state index contributed by atoms with van der Waals surface area (Å²) in [6, 6.07) is 8.35. The summed E-state index contributed by atoms with van der Waals surface area (Å²) in [5.41, 5.74) is 4.46. The van der Waals surface area contributed by atoms with E-state index in [1.54, 1.807) is 0 Å². The Morgan fingerprint density at radius 1 is 1.17 bits per heavy atom. The highest BCUT2D eigenvalue weighted by Gasteiger charge is 2.23. The number of hydrogen-bond acceptors (Lipinski definition) is 2. The molecule has 18 heavy (non-hydrogen) atoms. The molecule has 0 bridgehead atoms. The molecule has 2 aromatic rings. The van der Waals surface area contributed by atoms with Crippen LogP contribution in [0.1, 0.15) is 30.9 Å². The van der Waals surface area contributed by atoms with Gasteiger partial charge in [0, 0.05) is 11.3 Å². The van der Waals surface area contributed by atoms with Crippen molar-refractivity contribution in [2.45, 2.75) is 33.2 Å². The van der Waals surface area contributed by atoms with E-state index in [1.807, 2.05) is 7.05 Å². The van der Waals surface area contributed by atoms with Crippen molar-refractivity contribution < 1.29 is 0 Å². The first-order valence-corrected chi connectivity index (χ1v) is 6.27. The van der Waals surface area contributed by atoms with Gasteiger partial charge in [-0.2, -0.15) is 0 Å². The quantitative estimate of drug-likeness (QED) is 0.869. The molecule has 0 aliphatic heterocycles. The average molecular weight is 243 g/mol. The first kappa shape index (κ1) is 12.8. The van der Waals surface area contributed by atoms with Crippen molar-refractivity contribution in [3.05, 3.63) is 41.3 Å². The summed E-state index contributed by atoms with van der Waals surface area (Å²) >= 11 is 0. The fraction of sp³-hybridized carbons (Fsp3) is 0.400. The van der Waals surface area contributed by atoms with Crippen molar-refractivity contribution in [2.24, 2.45) is 0 Å². The second-order valence-corrected chi connectivity index (χ2v) is 5.25. The molecule has 3 nitrogen and oxygen atoms in total. The molecule has 0 radical (unpaired) electrons. The third-order valence-corrected chi connectivity index (χ3v) is 3.50. The summed E-state index contributed by atoms with van der Waals surface area (Å²) in [6.07, 6.45) is 0. The van der Waals surface area contributed by atoms with Gasteiger partial charge in [0.2, 0.25) is 0 Å². The minimum absolute atomic E-state index is 0.147. The van der Waals surface area contributed by atoms with E-state index in [4.69, 9.17) is 4.98 Å². The van der Waals surface area contributed by atoms with E-state index >= 15 is 0 Å². The Kier molecular flexibility index (Phi) is 3.26. The van der Waals surface area contributed by atoms with Crippen molar-refractivity contribution in [1.82, 2.24) is 15.3 Å². The number of H-pyrrole nitrogens is 1. The molecule has 96 valence electrons. The van der Waals surface area contributed by atoms with Gasteiger partial charge < -0.3 is 10.3 Å². The van der Waals surface area contributed by atoms with Gasteiger partial charge in [-0.15, -0.1) is 0 Å². The summed E-state index contributed by atoms with van der Waals surface area (Å²) < 4.78 is 0. The number of aromatic nitrogens is 2. The van der Waals surface area contributed by atoms with Gasteiger partial charge >= 0.3 is 0 Å². The second-order valence-electron chi connectivity index (χ2n) is 5.25. The van der Waals surface area contributed by atoms with E-state index in [2.05, 4.69) is 62.3 Å². The van der Waals surface area contributed by atoms with Gasteiger partial charge in [-0.1, -0.05) is 24.3 Å². The topological polar surface area (TPSA) is 40.7 Å². The summed E-state index contributed by atoms with van der Waals surface area (Å²) in [4.78, 5) is 8.15. The molecule has 0 spiro atoms. The number of aromatic amines is 1. The molecule has 2 rings (SSSR count). The SMILES string of the molecule is CNC(C)(C)c1nc(-c2ccccc2C)c(C)[nH]1. The zero-order valence-electron chi connectivity index (χ0n) is 11.8. The molecular formula is C15H21N3.